The van der Waals surface area contributed by atoms with Crippen LogP contribution in [0.2, 0.25) is 0 Å². The molecule has 0 saturated heterocycles. The topological polar surface area (TPSA) is 57.5 Å². The van der Waals surface area contributed by atoms with Crippen LogP contribution in [0.4, 0.5) is 9.50 Å². The largest absolute Gasteiger partial charge is 0 e. The summed E-state index contributed by atoms with van der Waals surface area (Å²) in [5, 5.41) is 13.9. The smallest absolute Gasteiger partial charge is 0 e. The summed E-state index contributed by atoms with van der Waals surface area (Å²) < 4.78 is 0. The summed E-state index contributed by atoms with van der Waals surface area (Å²) in [4.78, 5) is 8.56. The SMILES string of the molecule is F.O=C(O)O.[BaH2].[Ce].[Nd]. The van der Waals surface area contributed by atoms with Crippen molar-refractivity contribution in [3.8, 4) is 0 Å². The molecule has 0 amide bonds. The Morgan fingerprint density at radius 3 is 1.25 bits per heavy atom. The molecule has 44 valence electrons. The first-order valence-electron chi connectivity index (χ1n) is 0.651. The zero-order valence-corrected chi connectivity index (χ0v) is 9.56. The van der Waals surface area contributed by atoms with Crippen LogP contribution in [0.5, 0.6) is 0 Å². The first-order valence-corrected chi connectivity index (χ1v) is 0.651. The van der Waals surface area contributed by atoms with Crippen molar-refractivity contribution in [1.29, 1.82) is 0 Å². The molecule has 0 heterocycles. The average molecular weight is 506 g/mol. The van der Waals surface area contributed by atoms with Crippen molar-refractivity contribution in [1.82, 2.24) is 0 Å². The van der Waals surface area contributed by atoms with Crippen molar-refractivity contribution in [2.24, 2.45) is 0 Å². The molecule has 0 saturated carbocycles. The molecule has 0 aliphatic rings. The zero-order chi connectivity index (χ0) is 3.58. The summed E-state index contributed by atoms with van der Waals surface area (Å²) in [6.45, 7) is 0. The monoisotopic (exact) mass is 504 g/mol. The normalized spacial score (nSPS) is 3.00. The fraction of sp³-hybridized carbons (Fsp3) is 0. The van der Waals surface area contributed by atoms with Gasteiger partial charge in [0.15, 0.2) is 0 Å². The van der Waals surface area contributed by atoms with Crippen LogP contribution >= 0.6 is 0 Å². The van der Waals surface area contributed by atoms with Crippen molar-refractivity contribution < 1.29 is 102 Å². The van der Waals surface area contributed by atoms with E-state index >= 15 is 0 Å². The number of hydrogen-bond donors (Lipinski definition) is 2. The molecule has 0 aromatic heterocycles. The molecule has 8 heavy (non-hydrogen) atoms. The van der Waals surface area contributed by atoms with Gasteiger partial charge in [-0.15, -0.1) is 0 Å². The molecule has 0 fully saturated rings. The van der Waals surface area contributed by atoms with E-state index in [9.17, 15) is 0 Å². The van der Waals surface area contributed by atoms with E-state index in [1.54, 1.807) is 0 Å². The summed E-state index contributed by atoms with van der Waals surface area (Å²) >= 11 is 0. The fourth-order valence-corrected chi connectivity index (χ4v) is 0. The third-order valence-electron chi connectivity index (χ3n) is 0. The molecule has 0 radical (unpaired) electrons. The Balaban J connectivity index is -0.00000000750. The summed E-state index contributed by atoms with van der Waals surface area (Å²) in [7, 11) is 0. The number of carbonyl (C=O) groups is 1. The Kier molecular flexibility index (Phi) is 84.1. The van der Waals surface area contributed by atoms with Gasteiger partial charge in [0.1, 0.15) is 0 Å². The second-order valence-corrected chi connectivity index (χ2v) is 0.283. The molecule has 7 heteroatoms. The zero-order valence-electron chi connectivity index (χ0n) is 3.21. The van der Waals surface area contributed by atoms with E-state index in [4.69, 9.17) is 15.0 Å². The molecule has 3 nitrogen and oxygen atoms in total. The number of carboxylic acid groups (broad SMARTS) is 2. The molecule has 0 bridgehead atoms. The van der Waals surface area contributed by atoms with E-state index in [-0.39, 0.29) is 136 Å². The fourth-order valence-electron chi connectivity index (χ4n) is 0. The quantitative estimate of drug-likeness (QED) is 0.435. The predicted octanol–water partition coefficient (Wildman–Crippen LogP) is -0.541. The van der Waals surface area contributed by atoms with Gasteiger partial charge in [-0.25, -0.2) is 4.79 Å². The van der Waals surface area contributed by atoms with Crippen molar-refractivity contribution in [2.75, 3.05) is 0 Å². The van der Waals surface area contributed by atoms with Crippen molar-refractivity contribution in [3.05, 3.63) is 0 Å². The first kappa shape index (κ1) is 30.0. The van der Waals surface area contributed by atoms with E-state index < -0.39 is 6.16 Å². The van der Waals surface area contributed by atoms with Gasteiger partial charge in [0.25, 0.3) is 0 Å². The Hall–Kier alpha value is 3.50. The van der Waals surface area contributed by atoms with Gasteiger partial charge in [-0.05, 0) is 0 Å². The Labute approximate surface area is 153 Å². The van der Waals surface area contributed by atoms with E-state index in [2.05, 4.69) is 0 Å². The van der Waals surface area contributed by atoms with Crippen LogP contribution < -0.4 is 0 Å². The van der Waals surface area contributed by atoms with E-state index in [1.807, 2.05) is 0 Å². The van der Waals surface area contributed by atoms with Crippen molar-refractivity contribution in [3.63, 3.8) is 0 Å². The maximum Gasteiger partial charge on any atom is 0 e. The van der Waals surface area contributed by atoms with Gasteiger partial charge < -0.3 is 10.2 Å². The summed E-state index contributed by atoms with van der Waals surface area (Å²) in [5.74, 6) is 0. The summed E-state index contributed by atoms with van der Waals surface area (Å²) in [6.07, 6.45) is -1.83. The minimum atomic E-state index is -1.83. The van der Waals surface area contributed by atoms with Gasteiger partial charge in [-0.3, -0.25) is 4.70 Å². The molecule has 0 aliphatic carbocycles. The number of hydrogen-bond acceptors (Lipinski definition) is 1. The van der Waals surface area contributed by atoms with Gasteiger partial charge in [0.2, 0.25) is 0 Å². The van der Waals surface area contributed by atoms with Gasteiger partial charge in [0.05, 0.1) is 0 Å². The van der Waals surface area contributed by atoms with E-state index in [1.165, 1.54) is 0 Å². The second-order valence-electron chi connectivity index (χ2n) is 0.283. The van der Waals surface area contributed by atoms with Gasteiger partial charge in [-0.2, -0.15) is 0 Å². The molecule has 0 aromatic carbocycles. The maximum atomic E-state index is 8.56. The molecule has 2 N–H and O–H groups in total. The second kappa shape index (κ2) is 22.4. The number of rotatable bonds is 0. The molecular formula is CH5BaCeFNdO3. The van der Waals surface area contributed by atoms with E-state index in [0.29, 0.717) is 0 Å². The average Bonchev–Trinajstić information content (AvgIpc) is 0.811. The van der Waals surface area contributed by atoms with Gasteiger partial charge in [0, 0.05) is 82.6 Å². The standard InChI is InChI=1S/CH2O3.Ba.Ce.FH.Nd.2H/c2-1(3)4;;;;;;/h(H2,2,3,4);;;1H;;;. The molecule has 0 atom stereocenters. The molecule has 0 aliphatic heterocycles. The Bertz CT molecular complexity index is 42.3. The predicted molar refractivity (Wildman–Crippen MR) is 21.7 cm³/mol. The van der Waals surface area contributed by atoms with Crippen LogP contribution in [-0.4, -0.2) is 65.2 Å². The maximum absolute atomic E-state index is 8.56. The number of halogens is 1. The molecule has 0 spiro atoms. The summed E-state index contributed by atoms with van der Waals surface area (Å²) in [6, 6.07) is 0. The minimum Gasteiger partial charge on any atom is 0 e. The van der Waals surface area contributed by atoms with Crippen LogP contribution in [0.25, 0.3) is 0 Å². The first-order chi connectivity index (χ1) is 1.73. The van der Waals surface area contributed by atoms with Crippen LogP contribution in [0.3, 0.4) is 0 Å². The minimum absolute atomic E-state index is 0. The van der Waals surface area contributed by atoms with Crippen molar-refractivity contribution in [2.45, 2.75) is 0 Å². The van der Waals surface area contributed by atoms with Gasteiger partial charge >= 0.3 is 55.0 Å². The van der Waals surface area contributed by atoms with Gasteiger partial charge in [-0.1, -0.05) is 0 Å². The third-order valence-corrected chi connectivity index (χ3v) is 0. The van der Waals surface area contributed by atoms with Crippen LogP contribution in [0.1, 0.15) is 0 Å². The molecular weight excluding hydrogens is 501 g/mol. The molecule has 0 unspecified atom stereocenters. The van der Waals surface area contributed by atoms with Crippen LogP contribution in [0, 0.1) is 82.6 Å². The molecule has 0 rings (SSSR count). The Morgan fingerprint density at radius 2 is 1.25 bits per heavy atom. The Morgan fingerprint density at radius 1 is 1.25 bits per heavy atom. The van der Waals surface area contributed by atoms with Crippen LogP contribution in [0.15, 0.2) is 0 Å². The van der Waals surface area contributed by atoms with Crippen LogP contribution in [-0.2, 0) is 0 Å². The molecule has 0 aromatic rings. The summed E-state index contributed by atoms with van der Waals surface area (Å²) in [5.41, 5.74) is 0. The van der Waals surface area contributed by atoms with Crippen molar-refractivity contribution >= 4 is 55.0 Å². The van der Waals surface area contributed by atoms with E-state index in [0.717, 1.165) is 0 Å². The third kappa shape index (κ3) is 56.0.